The molecule has 2 aromatic carbocycles. The Morgan fingerprint density at radius 1 is 0.810 bits per heavy atom. The molecule has 0 atom stereocenters. The van der Waals surface area contributed by atoms with Crippen molar-refractivity contribution in [1.82, 2.24) is 0 Å². The number of aldehydes is 2. The van der Waals surface area contributed by atoms with E-state index in [1.807, 2.05) is 0 Å². The lowest BCUT2D eigenvalue weighted by Crippen LogP contribution is -2.09. The monoisotopic (exact) mass is 304 g/mol. The quantitative estimate of drug-likeness (QED) is 0.649. The van der Waals surface area contributed by atoms with Gasteiger partial charge in [0.25, 0.3) is 0 Å². The normalized spacial score (nSPS) is 11.0. The molecule has 0 spiro atoms. The molecule has 6 nitrogen and oxygen atoms in total. The van der Waals surface area contributed by atoms with E-state index in [9.17, 15) is 18.0 Å². The molecule has 0 radical (unpaired) electrons. The molecule has 4 N–H and O–H groups in total. The molecule has 7 heteroatoms. The fourth-order valence-electron chi connectivity index (χ4n) is 1.82. The third kappa shape index (κ3) is 2.50. The minimum absolute atomic E-state index is 0.0157. The van der Waals surface area contributed by atoms with Crippen LogP contribution < -0.4 is 11.5 Å². The number of rotatable bonds is 4. The number of sulfone groups is 1. The van der Waals surface area contributed by atoms with E-state index in [0.717, 1.165) is 0 Å². The Bertz CT molecular complexity index is 812. The summed E-state index contributed by atoms with van der Waals surface area (Å²) in [6.45, 7) is 0. The van der Waals surface area contributed by atoms with Gasteiger partial charge in [-0.05, 0) is 24.3 Å². The molecule has 0 heterocycles. The highest BCUT2D eigenvalue weighted by Gasteiger charge is 2.22. The molecule has 0 fully saturated rings. The Hall–Kier alpha value is -2.67. The van der Waals surface area contributed by atoms with E-state index in [1.165, 1.54) is 36.4 Å². The van der Waals surface area contributed by atoms with Crippen LogP contribution in [0.1, 0.15) is 20.7 Å². The summed E-state index contributed by atoms with van der Waals surface area (Å²) in [5.41, 5.74) is 11.6. The Morgan fingerprint density at radius 3 is 1.95 bits per heavy atom. The molecule has 21 heavy (non-hydrogen) atoms. The van der Waals surface area contributed by atoms with Crippen molar-refractivity contribution in [1.29, 1.82) is 0 Å². The van der Waals surface area contributed by atoms with Crippen molar-refractivity contribution in [2.75, 3.05) is 11.5 Å². The molecule has 0 saturated heterocycles. The van der Waals surface area contributed by atoms with E-state index < -0.39 is 9.84 Å². The molecule has 0 aromatic heterocycles. The van der Waals surface area contributed by atoms with Gasteiger partial charge in [-0.3, -0.25) is 9.59 Å². The predicted octanol–water partition coefficient (Wildman–Crippen LogP) is 1.31. The highest BCUT2D eigenvalue weighted by atomic mass is 32.2. The highest BCUT2D eigenvalue weighted by molar-refractivity contribution is 7.91. The largest absolute Gasteiger partial charge is 0.396 e. The topological polar surface area (TPSA) is 120 Å². The number of nitrogens with two attached hydrogens (primary N) is 2. The van der Waals surface area contributed by atoms with Crippen LogP contribution >= 0.6 is 0 Å². The van der Waals surface area contributed by atoms with Crippen molar-refractivity contribution in [3.63, 3.8) is 0 Å². The van der Waals surface area contributed by atoms with Crippen LogP contribution in [-0.2, 0) is 9.84 Å². The van der Waals surface area contributed by atoms with Crippen molar-refractivity contribution in [2.24, 2.45) is 0 Å². The molecule has 0 amide bonds. The number of hydrogen-bond acceptors (Lipinski definition) is 6. The molecular weight excluding hydrogens is 292 g/mol. The first-order chi connectivity index (χ1) is 9.91. The molecule has 108 valence electrons. The maximum Gasteiger partial charge on any atom is 0.208 e. The van der Waals surface area contributed by atoms with E-state index in [0.29, 0.717) is 18.1 Å². The summed E-state index contributed by atoms with van der Waals surface area (Å²) >= 11 is 0. The maximum absolute atomic E-state index is 12.5. The zero-order valence-electron chi connectivity index (χ0n) is 10.8. The van der Waals surface area contributed by atoms with Gasteiger partial charge >= 0.3 is 0 Å². The van der Waals surface area contributed by atoms with Gasteiger partial charge in [-0.1, -0.05) is 12.1 Å². The Morgan fingerprint density at radius 2 is 1.43 bits per heavy atom. The van der Waals surface area contributed by atoms with Gasteiger partial charge in [-0.25, -0.2) is 8.42 Å². The van der Waals surface area contributed by atoms with Crippen LogP contribution in [0.5, 0.6) is 0 Å². The Kier molecular flexibility index (Phi) is 3.77. The Labute approximate surface area is 121 Å². The molecule has 0 aliphatic rings. The maximum atomic E-state index is 12.5. The zero-order chi connectivity index (χ0) is 15.6. The van der Waals surface area contributed by atoms with Crippen molar-refractivity contribution >= 4 is 33.8 Å². The Balaban J connectivity index is 2.61. The molecular formula is C14H12N2O4S. The highest BCUT2D eigenvalue weighted by Crippen LogP contribution is 2.31. The first-order valence-electron chi connectivity index (χ1n) is 5.85. The lowest BCUT2D eigenvalue weighted by Gasteiger charge is -2.11. The smallest absolute Gasteiger partial charge is 0.208 e. The summed E-state index contributed by atoms with van der Waals surface area (Å²) in [6.07, 6.45) is 1.11. The molecule has 0 bridgehead atoms. The fourth-order valence-corrected chi connectivity index (χ4v) is 3.22. The number of hydrogen-bond donors (Lipinski definition) is 2. The lowest BCUT2D eigenvalue weighted by atomic mass is 10.2. The molecule has 0 saturated carbocycles. The first-order valence-corrected chi connectivity index (χ1v) is 7.33. The van der Waals surface area contributed by atoms with E-state index in [4.69, 9.17) is 11.5 Å². The van der Waals surface area contributed by atoms with Gasteiger partial charge in [0.15, 0.2) is 6.29 Å². The summed E-state index contributed by atoms with van der Waals surface area (Å²) < 4.78 is 25.0. The SMILES string of the molecule is Nc1c(C=O)ccc(S(=O)(=O)c2ccc(C=O)cc2)c1N. The van der Waals surface area contributed by atoms with Crippen molar-refractivity contribution in [2.45, 2.75) is 9.79 Å². The van der Waals surface area contributed by atoms with Crippen LogP contribution in [-0.4, -0.2) is 21.0 Å². The van der Waals surface area contributed by atoms with Crippen LogP contribution in [0.3, 0.4) is 0 Å². The van der Waals surface area contributed by atoms with Crippen LogP contribution in [0.4, 0.5) is 11.4 Å². The summed E-state index contributed by atoms with van der Waals surface area (Å²) in [4.78, 5) is 21.2. The van der Waals surface area contributed by atoms with Gasteiger partial charge in [-0.15, -0.1) is 0 Å². The zero-order valence-corrected chi connectivity index (χ0v) is 11.6. The average Bonchev–Trinajstić information content (AvgIpc) is 2.49. The second-order valence-corrected chi connectivity index (χ2v) is 6.21. The minimum Gasteiger partial charge on any atom is -0.396 e. The fraction of sp³-hybridized carbons (Fsp3) is 0. The number of anilines is 2. The first kappa shape index (κ1) is 14.7. The minimum atomic E-state index is -3.88. The number of nitrogen functional groups attached to an aromatic ring is 2. The van der Waals surface area contributed by atoms with Gasteiger partial charge in [0.2, 0.25) is 9.84 Å². The van der Waals surface area contributed by atoms with Crippen molar-refractivity contribution in [3.05, 3.63) is 47.5 Å². The second-order valence-electron chi connectivity index (χ2n) is 4.29. The van der Waals surface area contributed by atoms with Crippen molar-refractivity contribution < 1.29 is 18.0 Å². The van der Waals surface area contributed by atoms with E-state index in [-0.39, 0.29) is 26.7 Å². The van der Waals surface area contributed by atoms with Crippen LogP contribution in [0.2, 0.25) is 0 Å². The van der Waals surface area contributed by atoms with Gasteiger partial charge < -0.3 is 11.5 Å². The summed E-state index contributed by atoms with van der Waals surface area (Å²) in [5, 5.41) is 0. The standard InChI is InChI=1S/C14H12N2O4S/c15-13-10(8-18)3-6-12(14(13)16)21(19,20)11-4-1-9(7-17)2-5-11/h1-8H,15-16H2. The third-order valence-corrected chi connectivity index (χ3v) is 4.85. The van der Waals surface area contributed by atoms with Gasteiger partial charge in [-0.2, -0.15) is 0 Å². The summed E-state index contributed by atoms with van der Waals surface area (Å²) in [5.74, 6) is 0. The average molecular weight is 304 g/mol. The molecule has 0 unspecified atom stereocenters. The number of benzene rings is 2. The van der Waals surface area contributed by atoms with E-state index in [1.54, 1.807) is 0 Å². The summed E-state index contributed by atoms with van der Waals surface area (Å²) in [7, 11) is -3.88. The molecule has 2 aromatic rings. The van der Waals surface area contributed by atoms with Crippen LogP contribution in [0.25, 0.3) is 0 Å². The number of carbonyl (C=O) groups is 2. The third-order valence-electron chi connectivity index (χ3n) is 3.02. The lowest BCUT2D eigenvalue weighted by molar-refractivity contribution is 0.111. The van der Waals surface area contributed by atoms with E-state index >= 15 is 0 Å². The predicted molar refractivity (Wildman–Crippen MR) is 77.9 cm³/mol. The molecule has 2 rings (SSSR count). The van der Waals surface area contributed by atoms with Gasteiger partial charge in [0.05, 0.1) is 21.2 Å². The molecule has 0 aliphatic heterocycles. The summed E-state index contributed by atoms with van der Waals surface area (Å²) in [6, 6.07) is 7.92. The second kappa shape index (κ2) is 5.37. The van der Waals surface area contributed by atoms with Crippen molar-refractivity contribution in [3.8, 4) is 0 Å². The van der Waals surface area contributed by atoms with E-state index in [2.05, 4.69) is 0 Å². The van der Waals surface area contributed by atoms with Gasteiger partial charge in [0, 0.05) is 11.1 Å². The van der Waals surface area contributed by atoms with Crippen LogP contribution in [0, 0.1) is 0 Å². The van der Waals surface area contributed by atoms with Gasteiger partial charge in [0.1, 0.15) is 6.29 Å². The molecule has 0 aliphatic carbocycles. The van der Waals surface area contributed by atoms with Crippen LogP contribution in [0.15, 0.2) is 46.2 Å². The number of carbonyl (C=O) groups excluding carboxylic acids is 2.